The van der Waals surface area contributed by atoms with Gasteiger partial charge in [-0.15, -0.1) is 0 Å². The normalized spacial score (nSPS) is 13.0. The largest absolute Gasteiger partial charge is 0.369 e. The molecule has 0 aliphatic carbocycles. The topological polar surface area (TPSA) is 111 Å². The lowest BCUT2D eigenvalue weighted by atomic mass is 10.8. The van der Waals surface area contributed by atoms with E-state index in [1.165, 1.54) is 0 Å². The monoisotopic (exact) mass is 194 g/mol. The summed E-state index contributed by atoms with van der Waals surface area (Å²) in [5.41, 5.74) is 7.26. The fourth-order valence-electron chi connectivity index (χ4n) is 0.495. The second-order valence-electron chi connectivity index (χ2n) is 2.15. The third-order valence-corrected chi connectivity index (χ3v) is 2.96. The number of nitrogens with two attached hydrogens (primary N) is 2. The first kappa shape index (κ1) is 11.2. The number of hydrazine groups is 1. The van der Waals surface area contributed by atoms with E-state index in [0.29, 0.717) is 0 Å². The minimum absolute atomic E-state index is 0.00583. The molecule has 0 fully saturated rings. The van der Waals surface area contributed by atoms with Gasteiger partial charge < -0.3 is 5.73 Å². The SMILES string of the molecule is CCS(=O)(=O)CCN=C(N)NN. The summed E-state index contributed by atoms with van der Waals surface area (Å²) in [6.45, 7) is 1.73. The average Bonchev–Trinajstić information content (AvgIpc) is 2.04. The zero-order valence-electron chi connectivity index (χ0n) is 6.95. The Morgan fingerprint density at radius 1 is 1.58 bits per heavy atom. The first-order valence-electron chi connectivity index (χ1n) is 3.48. The van der Waals surface area contributed by atoms with Crippen molar-refractivity contribution in [2.45, 2.75) is 6.92 Å². The van der Waals surface area contributed by atoms with Crippen molar-refractivity contribution < 1.29 is 8.42 Å². The van der Waals surface area contributed by atoms with E-state index < -0.39 is 9.84 Å². The number of sulfone groups is 1. The van der Waals surface area contributed by atoms with Crippen molar-refractivity contribution in [3.8, 4) is 0 Å². The Bertz CT molecular complexity index is 246. The molecule has 0 saturated carbocycles. The first-order valence-corrected chi connectivity index (χ1v) is 5.31. The van der Waals surface area contributed by atoms with Gasteiger partial charge >= 0.3 is 0 Å². The summed E-state index contributed by atoms with van der Waals surface area (Å²) in [7, 11) is -2.95. The van der Waals surface area contributed by atoms with Gasteiger partial charge in [0.15, 0.2) is 9.84 Å². The van der Waals surface area contributed by atoms with Crippen LogP contribution in [0.25, 0.3) is 0 Å². The van der Waals surface area contributed by atoms with E-state index in [0.717, 1.165) is 0 Å². The Morgan fingerprint density at radius 2 is 2.17 bits per heavy atom. The standard InChI is InChI=1S/C5H14N4O2S/c1-2-12(10,11)4-3-8-5(6)9-7/h2-4,7H2,1H3,(H3,6,8,9). The van der Waals surface area contributed by atoms with Crippen LogP contribution < -0.4 is 17.0 Å². The van der Waals surface area contributed by atoms with Crippen molar-refractivity contribution in [1.29, 1.82) is 0 Å². The molecular weight excluding hydrogens is 180 g/mol. The Labute approximate surface area is 71.9 Å². The second-order valence-corrected chi connectivity index (χ2v) is 4.62. The minimum Gasteiger partial charge on any atom is -0.369 e. The highest BCUT2D eigenvalue weighted by atomic mass is 32.2. The van der Waals surface area contributed by atoms with E-state index in [1.807, 2.05) is 0 Å². The first-order chi connectivity index (χ1) is 5.52. The van der Waals surface area contributed by atoms with Crippen molar-refractivity contribution in [3.63, 3.8) is 0 Å². The predicted octanol–water partition coefficient (Wildman–Crippen LogP) is -1.80. The van der Waals surface area contributed by atoms with Crippen LogP contribution in [-0.2, 0) is 9.84 Å². The van der Waals surface area contributed by atoms with Gasteiger partial charge in [-0.3, -0.25) is 10.4 Å². The molecule has 0 rings (SSSR count). The highest BCUT2D eigenvalue weighted by molar-refractivity contribution is 7.91. The number of aliphatic imine (C=N–C) groups is 1. The highest BCUT2D eigenvalue weighted by Crippen LogP contribution is 1.88. The van der Waals surface area contributed by atoms with Gasteiger partial charge in [0.2, 0.25) is 5.96 Å². The fraction of sp³-hybridized carbons (Fsp3) is 0.800. The van der Waals surface area contributed by atoms with Crippen LogP contribution in [0.5, 0.6) is 0 Å². The Kier molecular flexibility index (Phi) is 4.60. The lowest BCUT2D eigenvalue weighted by Gasteiger charge is -1.99. The highest BCUT2D eigenvalue weighted by Gasteiger charge is 2.05. The molecule has 0 spiro atoms. The van der Waals surface area contributed by atoms with Crippen molar-refractivity contribution in [2.24, 2.45) is 16.6 Å². The van der Waals surface area contributed by atoms with Gasteiger partial charge in [0, 0.05) is 5.75 Å². The molecule has 0 aromatic rings. The molecule has 12 heavy (non-hydrogen) atoms. The zero-order chi connectivity index (χ0) is 9.61. The van der Waals surface area contributed by atoms with E-state index >= 15 is 0 Å². The van der Waals surface area contributed by atoms with Gasteiger partial charge in [0.05, 0.1) is 12.3 Å². The lowest BCUT2D eigenvalue weighted by molar-refractivity contribution is 0.597. The quantitative estimate of drug-likeness (QED) is 0.212. The van der Waals surface area contributed by atoms with Crippen LogP contribution in [0.2, 0.25) is 0 Å². The Balaban J connectivity index is 3.86. The minimum atomic E-state index is -2.95. The Morgan fingerprint density at radius 3 is 2.58 bits per heavy atom. The molecular formula is C5H14N4O2S. The van der Waals surface area contributed by atoms with Crippen molar-refractivity contribution in [3.05, 3.63) is 0 Å². The second kappa shape index (κ2) is 4.94. The predicted molar refractivity (Wildman–Crippen MR) is 48.1 cm³/mol. The van der Waals surface area contributed by atoms with Crippen molar-refractivity contribution >= 4 is 15.8 Å². The van der Waals surface area contributed by atoms with Crippen LogP contribution in [0, 0.1) is 0 Å². The van der Waals surface area contributed by atoms with Gasteiger partial charge in [-0.2, -0.15) is 0 Å². The van der Waals surface area contributed by atoms with Gasteiger partial charge in [-0.25, -0.2) is 14.3 Å². The van der Waals surface area contributed by atoms with E-state index in [1.54, 1.807) is 6.92 Å². The molecule has 5 N–H and O–H groups in total. The molecule has 0 aromatic carbocycles. The third-order valence-electron chi connectivity index (χ3n) is 1.27. The maximum Gasteiger partial charge on any atom is 0.203 e. The van der Waals surface area contributed by atoms with Gasteiger partial charge in [-0.05, 0) is 0 Å². The molecule has 0 saturated heterocycles. The molecule has 0 radical (unpaired) electrons. The van der Waals surface area contributed by atoms with E-state index in [2.05, 4.69) is 10.4 Å². The molecule has 0 bridgehead atoms. The third kappa shape index (κ3) is 4.91. The van der Waals surface area contributed by atoms with Crippen LogP contribution in [0.1, 0.15) is 6.92 Å². The number of nitrogens with one attached hydrogen (secondary N) is 1. The lowest BCUT2D eigenvalue weighted by Crippen LogP contribution is -2.37. The molecule has 72 valence electrons. The van der Waals surface area contributed by atoms with E-state index in [4.69, 9.17) is 11.6 Å². The molecule has 0 aliphatic heterocycles. The van der Waals surface area contributed by atoms with E-state index in [-0.39, 0.29) is 24.0 Å². The van der Waals surface area contributed by atoms with Crippen LogP contribution in [0.3, 0.4) is 0 Å². The molecule has 0 aromatic heterocycles. The van der Waals surface area contributed by atoms with Crippen LogP contribution in [0.4, 0.5) is 0 Å². The zero-order valence-corrected chi connectivity index (χ0v) is 7.76. The summed E-state index contributed by atoms with van der Waals surface area (Å²) in [4.78, 5) is 3.65. The van der Waals surface area contributed by atoms with Gasteiger partial charge in [0.1, 0.15) is 0 Å². The number of rotatable bonds is 4. The molecule has 0 aliphatic rings. The summed E-state index contributed by atoms with van der Waals surface area (Å²) in [6.07, 6.45) is 0. The van der Waals surface area contributed by atoms with Crippen molar-refractivity contribution in [2.75, 3.05) is 18.1 Å². The van der Waals surface area contributed by atoms with Crippen LogP contribution in [-0.4, -0.2) is 32.4 Å². The summed E-state index contributed by atoms with van der Waals surface area (Å²) >= 11 is 0. The average molecular weight is 194 g/mol. The molecule has 0 unspecified atom stereocenters. The number of guanidine groups is 1. The number of hydrogen-bond acceptors (Lipinski definition) is 4. The maximum absolute atomic E-state index is 10.9. The molecule has 6 nitrogen and oxygen atoms in total. The van der Waals surface area contributed by atoms with Crippen LogP contribution in [0.15, 0.2) is 4.99 Å². The summed E-state index contributed by atoms with van der Waals surface area (Å²) in [5, 5.41) is 0. The van der Waals surface area contributed by atoms with Gasteiger partial charge in [-0.1, -0.05) is 6.92 Å². The molecule has 0 heterocycles. The van der Waals surface area contributed by atoms with E-state index in [9.17, 15) is 8.42 Å². The summed E-state index contributed by atoms with van der Waals surface area (Å²) in [5.74, 6) is 5.07. The fourth-order valence-corrected chi connectivity index (χ4v) is 1.15. The van der Waals surface area contributed by atoms with Crippen LogP contribution >= 0.6 is 0 Å². The smallest absolute Gasteiger partial charge is 0.203 e. The maximum atomic E-state index is 10.9. The van der Waals surface area contributed by atoms with Crippen molar-refractivity contribution in [1.82, 2.24) is 5.43 Å². The number of hydrogen-bond donors (Lipinski definition) is 3. The van der Waals surface area contributed by atoms with Gasteiger partial charge in [0.25, 0.3) is 0 Å². The molecule has 0 amide bonds. The molecule has 7 heteroatoms. The molecule has 0 atom stereocenters. The Hall–Kier alpha value is -0.820. The number of nitrogens with zero attached hydrogens (tertiary/aromatic N) is 1. The summed E-state index contributed by atoms with van der Waals surface area (Å²) in [6, 6.07) is 0. The summed E-state index contributed by atoms with van der Waals surface area (Å²) < 4.78 is 21.8.